The van der Waals surface area contributed by atoms with E-state index in [1.165, 1.54) is 0 Å². The summed E-state index contributed by atoms with van der Waals surface area (Å²) in [7, 11) is 0. The standard InChI is InChI=1S/C14H18N4O3/c1-14(2)20-9(3-4-19)10(21-14)5-8-6-15-11-12(8)18-7-16-13(11)17-18/h6-7,9-10,17,19H,3-5H2,1-2H3/t9-,10+/m1/s1. The number of aliphatic hydroxyl groups is 1. The molecule has 0 aliphatic carbocycles. The molecular formula is C14H18N4O3. The SMILES string of the molecule is CC1(C)O[C@@H](Cc2cnc3c4[nH]n(c2-3)C=N4)[C@@H](CCO)O1. The predicted molar refractivity (Wildman–Crippen MR) is 76.0 cm³/mol. The number of hydrogen-bond donors (Lipinski definition) is 2. The van der Waals surface area contributed by atoms with Crippen LogP contribution in [0.4, 0.5) is 5.82 Å². The fourth-order valence-electron chi connectivity index (χ4n) is 3.19. The molecule has 0 aromatic rings. The van der Waals surface area contributed by atoms with Crippen LogP contribution in [0.25, 0.3) is 11.4 Å². The summed E-state index contributed by atoms with van der Waals surface area (Å²) in [5, 5.41) is 12.3. The second-order valence-corrected chi connectivity index (χ2v) is 5.98. The fraction of sp³-hybridized carbons (Fsp3) is 0.571. The predicted octanol–water partition coefficient (Wildman–Crippen LogP) is 1.28. The highest BCUT2D eigenvalue weighted by atomic mass is 16.7. The van der Waals surface area contributed by atoms with Crippen molar-refractivity contribution in [3.8, 4) is 11.4 Å². The van der Waals surface area contributed by atoms with E-state index in [1.807, 2.05) is 24.7 Å². The third kappa shape index (κ3) is 2.00. The van der Waals surface area contributed by atoms with Gasteiger partial charge in [-0.05, 0) is 20.3 Å². The van der Waals surface area contributed by atoms with Gasteiger partial charge in [0.05, 0.1) is 17.9 Å². The van der Waals surface area contributed by atoms with Crippen LogP contribution in [0.2, 0.25) is 0 Å². The summed E-state index contributed by atoms with van der Waals surface area (Å²) in [5.41, 5.74) is 3.05. The van der Waals surface area contributed by atoms with Crippen LogP contribution in [0.15, 0.2) is 11.2 Å². The van der Waals surface area contributed by atoms with Crippen LogP contribution >= 0.6 is 0 Å². The topological polar surface area (TPSA) is 84.7 Å². The number of nitrogens with one attached hydrogen (secondary N) is 1. The van der Waals surface area contributed by atoms with Crippen LogP contribution < -0.4 is 0 Å². The highest BCUT2D eigenvalue weighted by Crippen LogP contribution is 2.38. The first-order valence-corrected chi connectivity index (χ1v) is 7.16. The Morgan fingerprint density at radius 2 is 2.19 bits per heavy atom. The van der Waals surface area contributed by atoms with E-state index in [1.54, 1.807) is 6.34 Å². The molecule has 0 radical (unpaired) electrons. The highest BCUT2D eigenvalue weighted by molar-refractivity contribution is 5.85. The maximum atomic E-state index is 9.19. The number of aromatic amines is 1. The molecule has 0 amide bonds. The Bertz CT molecular complexity index is 672. The Hall–Kier alpha value is -1.70. The lowest BCUT2D eigenvalue weighted by Crippen LogP contribution is -2.26. The molecule has 2 bridgehead atoms. The van der Waals surface area contributed by atoms with E-state index in [4.69, 9.17) is 9.47 Å². The molecule has 7 heteroatoms. The number of nitrogens with zero attached hydrogens (tertiary/aromatic N) is 3. The summed E-state index contributed by atoms with van der Waals surface area (Å²) in [6.07, 6.45) is 4.73. The second kappa shape index (κ2) is 4.40. The van der Waals surface area contributed by atoms with E-state index in [0.29, 0.717) is 12.8 Å². The Morgan fingerprint density at radius 3 is 3.00 bits per heavy atom. The molecule has 0 aromatic heterocycles. The van der Waals surface area contributed by atoms with Gasteiger partial charge in [0.2, 0.25) is 0 Å². The van der Waals surface area contributed by atoms with Gasteiger partial charge in [0.15, 0.2) is 11.6 Å². The lowest BCUT2D eigenvalue weighted by Gasteiger charge is -2.16. The van der Waals surface area contributed by atoms with Gasteiger partial charge in [-0.25, -0.2) is 9.67 Å². The van der Waals surface area contributed by atoms with Gasteiger partial charge in [-0.1, -0.05) is 0 Å². The largest absolute Gasteiger partial charge is 0.396 e. The molecule has 4 rings (SSSR count). The first kappa shape index (κ1) is 13.0. The Morgan fingerprint density at radius 1 is 1.38 bits per heavy atom. The van der Waals surface area contributed by atoms with E-state index in [-0.39, 0.29) is 18.8 Å². The van der Waals surface area contributed by atoms with E-state index in [0.717, 1.165) is 22.8 Å². The molecule has 0 spiro atoms. The maximum absolute atomic E-state index is 9.19. The minimum atomic E-state index is -0.610. The zero-order chi connectivity index (χ0) is 14.6. The molecule has 0 aromatic carbocycles. The van der Waals surface area contributed by atoms with Crippen molar-refractivity contribution < 1.29 is 14.6 Å². The molecular weight excluding hydrogens is 272 g/mol. The number of rotatable bonds is 4. The van der Waals surface area contributed by atoms with Gasteiger partial charge in [-0.3, -0.25) is 10.1 Å². The number of ether oxygens (including phenoxy) is 2. The minimum absolute atomic E-state index is 0.0808. The molecule has 4 aliphatic heterocycles. The van der Waals surface area contributed by atoms with Gasteiger partial charge in [-0.15, -0.1) is 0 Å². The van der Waals surface area contributed by atoms with Crippen LogP contribution in [0, 0.1) is 0 Å². The molecule has 112 valence electrons. The zero-order valence-corrected chi connectivity index (χ0v) is 12.0. The van der Waals surface area contributed by atoms with Gasteiger partial charge in [0, 0.05) is 24.8 Å². The van der Waals surface area contributed by atoms with Crippen molar-refractivity contribution in [2.45, 2.75) is 44.7 Å². The quantitative estimate of drug-likeness (QED) is 0.758. The molecule has 4 aliphatic rings. The maximum Gasteiger partial charge on any atom is 0.175 e. The van der Waals surface area contributed by atoms with Crippen LogP contribution in [-0.4, -0.2) is 50.8 Å². The molecule has 0 unspecified atom stereocenters. The van der Waals surface area contributed by atoms with Crippen molar-refractivity contribution in [2.24, 2.45) is 4.99 Å². The van der Waals surface area contributed by atoms with Crippen molar-refractivity contribution in [3.63, 3.8) is 0 Å². The number of H-pyrrole nitrogens is 1. The summed E-state index contributed by atoms with van der Waals surface area (Å²) in [4.78, 5) is 8.64. The second-order valence-electron chi connectivity index (χ2n) is 5.98. The lowest BCUT2D eigenvalue weighted by atomic mass is 10.0. The van der Waals surface area contributed by atoms with Gasteiger partial charge >= 0.3 is 0 Å². The number of fused-ring (bicyclic) bond motifs is 5. The number of hydrogen-bond acceptors (Lipinski definition) is 5. The molecule has 1 saturated heterocycles. The Balaban J connectivity index is 1.60. The van der Waals surface area contributed by atoms with Gasteiger partial charge in [0.25, 0.3) is 0 Å². The zero-order valence-electron chi connectivity index (χ0n) is 12.0. The molecule has 2 N–H and O–H groups in total. The fourth-order valence-corrected chi connectivity index (χ4v) is 3.19. The smallest absolute Gasteiger partial charge is 0.175 e. The Labute approximate surface area is 121 Å². The van der Waals surface area contributed by atoms with E-state index < -0.39 is 5.79 Å². The van der Waals surface area contributed by atoms with Gasteiger partial charge in [0.1, 0.15) is 12.0 Å². The number of aliphatic hydroxyl groups excluding tert-OH is 1. The van der Waals surface area contributed by atoms with Crippen LogP contribution in [0.3, 0.4) is 0 Å². The molecule has 4 heterocycles. The summed E-state index contributed by atoms with van der Waals surface area (Å²) in [5.74, 6) is 0.189. The van der Waals surface area contributed by atoms with E-state index >= 15 is 0 Å². The molecule has 2 atom stereocenters. The number of aromatic nitrogens is 3. The third-order valence-corrected chi connectivity index (χ3v) is 3.99. The van der Waals surface area contributed by atoms with Crippen LogP contribution in [0.1, 0.15) is 25.8 Å². The summed E-state index contributed by atoms with van der Waals surface area (Å²) in [6.45, 7) is 3.90. The van der Waals surface area contributed by atoms with Crippen LogP contribution in [0.5, 0.6) is 0 Å². The first-order valence-electron chi connectivity index (χ1n) is 7.16. The monoisotopic (exact) mass is 290 g/mol. The first-order chi connectivity index (χ1) is 10.1. The summed E-state index contributed by atoms with van der Waals surface area (Å²) < 4.78 is 13.7. The van der Waals surface area contributed by atoms with E-state index in [9.17, 15) is 5.11 Å². The molecule has 7 nitrogen and oxygen atoms in total. The van der Waals surface area contributed by atoms with E-state index in [2.05, 4.69) is 15.1 Å². The van der Waals surface area contributed by atoms with Crippen molar-refractivity contribution in [1.29, 1.82) is 0 Å². The average Bonchev–Trinajstić information content (AvgIpc) is 3.13. The normalized spacial score (nSPS) is 26.2. The highest BCUT2D eigenvalue weighted by Gasteiger charge is 2.41. The van der Waals surface area contributed by atoms with Crippen molar-refractivity contribution in [1.82, 2.24) is 14.8 Å². The summed E-state index contributed by atoms with van der Waals surface area (Å²) >= 11 is 0. The molecule has 0 saturated carbocycles. The summed E-state index contributed by atoms with van der Waals surface area (Å²) in [6, 6.07) is 0. The van der Waals surface area contributed by atoms with Crippen molar-refractivity contribution in [3.05, 3.63) is 11.8 Å². The molecule has 21 heavy (non-hydrogen) atoms. The molecule has 1 fully saturated rings. The van der Waals surface area contributed by atoms with Gasteiger partial charge < -0.3 is 14.6 Å². The third-order valence-electron chi connectivity index (χ3n) is 3.99. The lowest BCUT2D eigenvalue weighted by molar-refractivity contribution is -0.147. The van der Waals surface area contributed by atoms with Crippen molar-refractivity contribution >= 4 is 12.2 Å². The van der Waals surface area contributed by atoms with Crippen LogP contribution in [-0.2, 0) is 15.9 Å². The van der Waals surface area contributed by atoms with Crippen molar-refractivity contribution in [2.75, 3.05) is 6.61 Å². The average molecular weight is 290 g/mol. The van der Waals surface area contributed by atoms with Gasteiger partial charge in [-0.2, -0.15) is 0 Å². The minimum Gasteiger partial charge on any atom is -0.396 e. The Kier molecular flexibility index (Phi) is 2.72. The number of aliphatic imine (C=N–C) groups is 1.